The van der Waals surface area contributed by atoms with Crippen molar-refractivity contribution in [2.24, 2.45) is 0 Å². The quantitative estimate of drug-likeness (QED) is 0.0205. The second kappa shape index (κ2) is 54.8. The highest BCUT2D eigenvalue weighted by Crippen LogP contribution is 2.43. The predicted molar refractivity (Wildman–Crippen MR) is 323 cm³/mol. The number of carbonyl (C=O) groups excluding carboxylic acids is 2. The number of unbranched alkanes of at least 4 members (excludes halogenated alkanes) is 30. The van der Waals surface area contributed by atoms with Crippen molar-refractivity contribution in [1.82, 2.24) is 5.32 Å². The van der Waals surface area contributed by atoms with Crippen LogP contribution in [0.2, 0.25) is 0 Å². The van der Waals surface area contributed by atoms with Gasteiger partial charge in [-0.25, -0.2) is 4.57 Å². The van der Waals surface area contributed by atoms with Gasteiger partial charge in [0, 0.05) is 12.8 Å². The topological polar surface area (TPSA) is 111 Å². The number of hydrogen-bond donors (Lipinski definition) is 2. The first-order valence-electron chi connectivity index (χ1n) is 31.3. The van der Waals surface area contributed by atoms with Gasteiger partial charge in [-0.1, -0.05) is 235 Å². The van der Waals surface area contributed by atoms with Gasteiger partial charge < -0.3 is 19.4 Å². The van der Waals surface area contributed by atoms with E-state index in [4.69, 9.17) is 13.8 Å². The summed E-state index contributed by atoms with van der Waals surface area (Å²) in [5.41, 5.74) is 0. The molecular formula is C65H120N2O7P+. The van der Waals surface area contributed by atoms with Crippen molar-refractivity contribution < 1.29 is 37.3 Å². The molecule has 3 atom stereocenters. The highest BCUT2D eigenvalue weighted by atomic mass is 31.2. The van der Waals surface area contributed by atoms with Gasteiger partial charge in [0.2, 0.25) is 5.91 Å². The molecule has 75 heavy (non-hydrogen) atoms. The maximum atomic E-state index is 13.5. The Labute approximate surface area is 463 Å². The molecule has 0 radical (unpaired) electrons. The molecule has 0 spiro atoms. The van der Waals surface area contributed by atoms with Crippen LogP contribution >= 0.6 is 7.82 Å². The minimum Gasteiger partial charge on any atom is -0.456 e. The fourth-order valence-electron chi connectivity index (χ4n) is 8.74. The van der Waals surface area contributed by atoms with Crippen molar-refractivity contribution in [3.8, 4) is 0 Å². The van der Waals surface area contributed by atoms with E-state index in [1.807, 2.05) is 33.3 Å². The summed E-state index contributed by atoms with van der Waals surface area (Å²) in [6.45, 7) is 6.95. The van der Waals surface area contributed by atoms with Crippen LogP contribution in [0.1, 0.15) is 278 Å². The fraction of sp³-hybridized carbons (Fsp3) is 0.785. The Morgan fingerprint density at radius 1 is 0.467 bits per heavy atom. The van der Waals surface area contributed by atoms with Crippen LogP contribution in [-0.4, -0.2) is 74.3 Å². The summed E-state index contributed by atoms with van der Waals surface area (Å²) in [5, 5.41) is 3.05. The van der Waals surface area contributed by atoms with Crippen molar-refractivity contribution in [1.29, 1.82) is 0 Å². The second-order valence-electron chi connectivity index (χ2n) is 22.2. The van der Waals surface area contributed by atoms with Gasteiger partial charge in [-0.05, 0) is 102 Å². The molecule has 436 valence electrons. The summed E-state index contributed by atoms with van der Waals surface area (Å²) in [5.74, 6) is -0.521. The van der Waals surface area contributed by atoms with E-state index < -0.39 is 20.0 Å². The molecule has 0 saturated heterocycles. The molecule has 0 aromatic carbocycles. The third-order valence-electron chi connectivity index (χ3n) is 13.6. The van der Waals surface area contributed by atoms with Crippen molar-refractivity contribution in [3.05, 3.63) is 72.9 Å². The lowest BCUT2D eigenvalue weighted by Gasteiger charge is -2.27. The molecule has 0 aliphatic carbocycles. The molecule has 0 heterocycles. The van der Waals surface area contributed by atoms with Crippen LogP contribution in [0.3, 0.4) is 0 Å². The van der Waals surface area contributed by atoms with E-state index in [1.54, 1.807) is 0 Å². The number of allylic oxidation sites excluding steroid dienone is 11. The molecule has 0 aliphatic heterocycles. The maximum Gasteiger partial charge on any atom is 0.472 e. The molecule has 0 aliphatic rings. The molecule has 0 bridgehead atoms. The van der Waals surface area contributed by atoms with Gasteiger partial charge in [0.05, 0.1) is 33.8 Å². The minimum atomic E-state index is -4.45. The smallest absolute Gasteiger partial charge is 0.456 e. The normalized spacial score (nSPS) is 14.2. The zero-order valence-electron chi connectivity index (χ0n) is 49.8. The number of carbonyl (C=O) groups is 2. The van der Waals surface area contributed by atoms with Gasteiger partial charge in [0.1, 0.15) is 19.3 Å². The molecular weight excluding hydrogens is 952 g/mol. The Kier molecular flexibility index (Phi) is 52.9. The monoisotopic (exact) mass is 1070 g/mol. The zero-order chi connectivity index (χ0) is 55.0. The first-order valence-corrected chi connectivity index (χ1v) is 32.8. The van der Waals surface area contributed by atoms with Crippen LogP contribution < -0.4 is 5.32 Å². The number of phosphoric ester groups is 1. The zero-order valence-corrected chi connectivity index (χ0v) is 50.7. The van der Waals surface area contributed by atoms with E-state index >= 15 is 0 Å². The molecule has 9 nitrogen and oxygen atoms in total. The molecule has 0 saturated carbocycles. The third-order valence-corrected chi connectivity index (χ3v) is 14.6. The van der Waals surface area contributed by atoms with Crippen molar-refractivity contribution in [2.45, 2.75) is 290 Å². The Morgan fingerprint density at radius 3 is 1.24 bits per heavy atom. The number of amides is 1. The van der Waals surface area contributed by atoms with Crippen molar-refractivity contribution in [3.63, 3.8) is 0 Å². The number of phosphoric acid groups is 1. The molecule has 3 unspecified atom stereocenters. The average molecular weight is 1070 g/mol. The van der Waals surface area contributed by atoms with E-state index in [2.05, 4.69) is 86.8 Å². The SMILES string of the molecule is CCCCC/C=C\C/C=C\C/C=C\CCCCCCCCCCC(=O)OC(/C=C/CCCCCCCCCCC)C(COP(=O)(O)OCC[N+](C)(C)C)NC(=O)CCCCCCCCC/C=C\C/C=C\CCCCC. The van der Waals surface area contributed by atoms with E-state index in [-0.39, 0.29) is 31.5 Å². The Hall–Kier alpha value is -2.55. The predicted octanol–water partition coefficient (Wildman–Crippen LogP) is 19.2. The molecule has 0 aromatic heterocycles. The summed E-state index contributed by atoms with van der Waals surface area (Å²) in [4.78, 5) is 37.7. The molecule has 10 heteroatoms. The van der Waals surface area contributed by atoms with Crippen molar-refractivity contribution in [2.75, 3.05) is 40.9 Å². The van der Waals surface area contributed by atoms with E-state index in [0.717, 1.165) is 103 Å². The number of nitrogens with one attached hydrogen (secondary N) is 1. The van der Waals surface area contributed by atoms with Crippen LogP contribution in [0.4, 0.5) is 0 Å². The number of nitrogens with zero attached hydrogens (tertiary/aromatic N) is 1. The number of likely N-dealkylation sites (N-methyl/N-ethyl adjacent to an activating group) is 1. The summed E-state index contributed by atoms with van der Waals surface area (Å²) in [7, 11) is 1.48. The molecule has 1 amide bonds. The Bertz CT molecular complexity index is 1510. The first-order chi connectivity index (χ1) is 36.4. The average Bonchev–Trinajstić information content (AvgIpc) is 3.37. The number of quaternary nitrogens is 1. The largest absolute Gasteiger partial charge is 0.472 e. The fourth-order valence-corrected chi connectivity index (χ4v) is 9.48. The number of esters is 1. The van der Waals surface area contributed by atoms with Gasteiger partial charge in [-0.3, -0.25) is 18.6 Å². The van der Waals surface area contributed by atoms with Gasteiger partial charge in [0.15, 0.2) is 0 Å². The summed E-state index contributed by atoms with van der Waals surface area (Å²) in [6, 6.07) is -0.858. The summed E-state index contributed by atoms with van der Waals surface area (Å²) >= 11 is 0. The van der Waals surface area contributed by atoms with E-state index in [9.17, 15) is 19.0 Å². The Balaban J connectivity index is 5.23. The lowest BCUT2D eigenvalue weighted by atomic mass is 10.1. The standard InChI is InChI=1S/C65H119N2O7P/c1-7-10-13-16-19-22-25-27-29-31-32-33-34-36-38-40-43-46-49-52-55-58-65(69)74-63(56-53-50-47-44-41-24-21-18-15-12-9-3)62(61-73-75(70,71)72-60-59-67(4,5)6)66-64(68)57-54-51-48-45-42-39-37-35-30-28-26-23-20-17-14-11-8-2/h19-20,22-23,27-30,32-33,53,56,62-63H,7-18,21,24-26,31,34-52,54-55,57-61H2,1-6H3,(H-,66,68,70,71)/p+1/b22-19-,23-20-,29-27-,30-28-,33-32-,56-53+. The van der Waals surface area contributed by atoms with Crippen LogP contribution in [0.25, 0.3) is 0 Å². The van der Waals surface area contributed by atoms with Gasteiger partial charge in [-0.2, -0.15) is 0 Å². The lowest BCUT2D eigenvalue weighted by molar-refractivity contribution is -0.870. The number of hydrogen-bond acceptors (Lipinski definition) is 6. The van der Waals surface area contributed by atoms with E-state index in [1.165, 1.54) is 141 Å². The Morgan fingerprint density at radius 2 is 0.813 bits per heavy atom. The minimum absolute atomic E-state index is 0.0351. The van der Waals surface area contributed by atoms with Crippen LogP contribution in [0, 0.1) is 0 Å². The van der Waals surface area contributed by atoms with Crippen LogP contribution in [0.5, 0.6) is 0 Å². The molecule has 0 fully saturated rings. The summed E-state index contributed by atoms with van der Waals surface area (Å²) in [6.07, 6.45) is 70.3. The second-order valence-corrected chi connectivity index (χ2v) is 23.7. The highest BCUT2D eigenvalue weighted by molar-refractivity contribution is 7.47. The van der Waals surface area contributed by atoms with Gasteiger partial charge in [0.25, 0.3) is 0 Å². The number of ether oxygens (including phenoxy) is 1. The molecule has 2 N–H and O–H groups in total. The van der Waals surface area contributed by atoms with Gasteiger partial charge in [-0.15, -0.1) is 0 Å². The lowest BCUT2D eigenvalue weighted by Crippen LogP contribution is -2.47. The number of rotatable bonds is 56. The molecule has 0 rings (SSSR count). The maximum absolute atomic E-state index is 13.5. The molecule has 0 aromatic rings. The van der Waals surface area contributed by atoms with Crippen LogP contribution in [-0.2, 0) is 27.9 Å². The van der Waals surface area contributed by atoms with Crippen molar-refractivity contribution >= 4 is 19.7 Å². The third kappa shape index (κ3) is 56.0. The summed E-state index contributed by atoms with van der Waals surface area (Å²) < 4.78 is 30.7. The van der Waals surface area contributed by atoms with Crippen LogP contribution in [0.15, 0.2) is 72.9 Å². The van der Waals surface area contributed by atoms with E-state index in [0.29, 0.717) is 17.4 Å². The highest BCUT2D eigenvalue weighted by Gasteiger charge is 2.30. The first kappa shape index (κ1) is 72.5. The van der Waals surface area contributed by atoms with Gasteiger partial charge >= 0.3 is 13.8 Å².